The minimum atomic E-state index is -3.40. The fourth-order valence-corrected chi connectivity index (χ4v) is 4.12. The number of hydrogen-bond donors (Lipinski definition) is 0. The van der Waals surface area contributed by atoms with Gasteiger partial charge in [-0.05, 0) is 57.9 Å². The van der Waals surface area contributed by atoms with Crippen LogP contribution in [0.5, 0.6) is 5.75 Å². The monoisotopic (exact) mass is 341 g/mol. The number of sulfonamides is 1. The van der Waals surface area contributed by atoms with Crippen molar-refractivity contribution < 1.29 is 13.2 Å². The molecule has 0 unspecified atom stereocenters. The maximum Gasteiger partial charge on any atom is 0.243 e. The summed E-state index contributed by atoms with van der Waals surface area (Å²) in [5.74, 6) is 0.662. The molecule has 0 aromatic heterocycles. The van der Waals surface area contributed by atoms with E-state index in [-0.39, 0.29) is 0 Å². The lowest BCUT2D eigenvalue weighted by molar-refractivity contribution is 0.181. The molecule has 0 atom stereocenters. The van der Waals surface area contributed by atoms with Gasteiger partial charge in [0.25, 0.3) is 0 Å². The Morgan fingerprint density at radius 3 is 2.22 bits per heavy atom. The summed E-state index contributed by atoms with van der Waals surface area (Å²) in [5, 5.41) is 0. The number of methoxy groups -OCH3 is 1. The van der Waals surface area contributed by atoms with Gasteiger partial charge in [-0.25, -0.2) is 8.42 Å². The van der Waals surface area contributed by atoms with E-state index in [1.165, 1.54) is 0 Å². The number of ether oxygens (including phenoxy) is 1. The van der Waals surface area contributed by atoms with E-state index in [9.17, 15) is 8.42 Å². The molecule has 1 aliphatic heterocycles. The van der Waals surface area contributed by atoms with E-state index in [1.807, 2.05) is 0 Å². The largest absolute Gasteiger partial charge is 0.497 e. The van der Waals surface area contributed by atoms with Crippen LogP contribution in [0.15, 0.2) is 29.2 Å². The molecule has 23 heavy (non-hydrogen) atoms. The summed E-state index contributed by atoms with van der Waals surface area (Å²) in [7, 11) is 2.30. The first kappa shape index (κ1) is 18.2. The third kappa shape index (κ3) is 4.91. The highest BCUT2D eigenvalue weighted by molar-refractivity contribution is 7.89. The highest BCUT2D eigenvalue weighted by atomic mass is 32.2. The predicted octanol–water partition coefficient (Wildman–Crippen LogP) is 0.953. The van der Waals surface area contributed by atoms with Crippen molar-refractivity contribution in [2.45, 2.75) is 11.3 Å². The Balaban J connectivity index is 1.90. The molecule has 0 aliphatic carbocycles. The SMILES string of the molecule is COc1ccc(S(=O)(=O)N2CCN(CCCN(C)C)CC2)cc1. The minimum Gasteiger partial charge on any atom is -0.497 e. The second-order valence-electron chi connectivity index (χ2n) is 6.08. The van der Waals surface area contributed by atoms with Crippen LogP contribution in [0.4, 0.5) is 0 Å². The lowest BCUT2D eigenvalue weighted by Gasteiger charge is -2.34. The molecule has 1 aromatic carbocycles. The van der Waals surface area contributed by atoms with Crippen LogP contribution in [0.1, 0.15) is 6.42 Å². The molecule has 2 rings (SSSR count). The van der Waals surface area contributed by atoms with Crippen molar-refractivity contribution in [3.63, 3.8) is 0 Å². The lowest BCUT2D eigenvalue weighted by Crippen LogP contribution is -2.48. The number of nitrogens with zero attached hydrogens (tertiary/aromatic N) is 3. The van der Waals surface area contributed by atoms with Crippen LogP contribution in [-0.2, 0) is 10.0 Å². The maximum atomic E-state index is 12.7. The van der Waals surface area contributed by atoms with Crippen LogP contribution >= 0.6 is 0 Å². The summed E-state index contributed by atoms with van der Waals surface area (Å²) in [5.41, 5.74) is 0. The van der Waals surface area contributed by atoms with E-state index >= 15 is 0 Å². The van der Waals surface area contributed by atoms with E-state index in [0.717, 1.165) is 32.6 Å². The molecule has 0 amide bonds. The third-order valence-corrected chi connectivity index (χ3v) is 6.02. The van der Waals surface area contributed by atoms with Gasteiger partial charge in [-0.2, -0.15) is 4.31 Å². The fourth-order valence-electron chi connectivity index (χ4n) is 2.70. The molecule has 1 heterocycles. The number of benzene rings is 1. The molecule has 0 saturated carbocycles. The summed E-state index contributed by atoms with van der Waals surface area (Å²) in [6.07, 6.45) is 1.11. The van der Waals surface area contributed by atoms with E-state index in [0.29, 0.717) is 23.7 Å². The van der Waals surface area contributed by atoms with E-state index < -0.39 is 10.0 Å². The first-order valence-electron chi connectivity index (χ1n) is 7.95. The van der Waals surface area contributed by atoms with Gasteiger partial charge in [-0.3, -0.25) is 0 Å². The maximum absolute atomic E-state index is 12.7. The molecule has 0 radical (unpaired) electrons. The van der Waals surface area contributed by atoms with Crippen LogP contribution in [-0.4, -0.2) is 83.0 Å². The van der Waals surface area contributed by atoms with Gasteiger partial charge in [0.2, 0.25) is 10.0 Å². The summed E-state index contributed by atoms with van der Waals surface area (Å²) < 4.78 is 32.0. The molecular weight excluding hydrogens is 314 g/mol. The smallest absolute Gasteiger partial charge is 0.243 e. The third-order valence-electron chi connectivity index (χ3n) is 4.11. The zero-order chi connectivity index (χ0) is 16.9. The Labute approximate surface area is 139 Å². The van der Waals surface area contributed by atoms with Crippen molar-refractivity contribution in [1.29, 1.82) is 0 Å². The van der Waals surface area contributed by atoms with Crippen molar-refractivity contribution >= 4 is 10.0 Å². The summed E-state index contributed by atoms with van der Waals surface area (Å²) in [6.45, 7) is 4.78. The molecule has 0 bridgehead atoms. The molecule has 1 fully saturated rings. The molecule has 1 saturated heterocycles. The fraction of sp³-hybridized carbons (Fsp3) is 0.625. The van der Waals surface area contributed by atoms with Crippen molar-refractivity contribution in [2.24, 2.45) is 0 Å². The van der Waals surface area contributed by atoms with Gasteiger partial charge in [0.1, 0.15) is 5.75 Å². The highest BCUT2D eigenvalue weighted by Crippen LogP contribution is 2.20. The Bertz CT molecular complexity index is 579. The Morgan fingerprint density at radius 1 is 1.09 bits per heavy atom. The molecule has 130 valence electrons. The van der Waals surface area contributed by atoms with Gasteiger partial charge in [0.05, 0.1) is 12.0 Å². The van der Waals surface area contributed by atoms with Gasteiger partial charge in [-0.15, -0.1) is 0 Å². The Hall–Kier alpha value is -1.15. The predicted molar refractivity (Wildman–Crippen MR) is 91.4 cm³/mol. The van der Waals surface area contributed by atoms with Crippen molar-refractivity contribution in [1.82, 2.24) is 14.1 Å². The Kier molecular flexibility index (Phi) is 6.41. The quantitative estimate of drug-likeness (QED) is 0.739. The molecule has 0 N–H and O–H groups in total. The van der Waals surface area contributed by atoms with Crippen LogP contribution < -0.4 is 4.74 Å². The van der Waals surface area contributed by atoms with Crippen molar-refractivity contribution in [3.8, 4) is 5.75 Å². The topological polar surface area (TPSA) is 53.1 Å². The first-order chi connectivity index (χ1) is 10.9. The standard InChI is InChI=1S/C16H27N3O3S/c1-17(2)9-4-10-18-11-13-19(14-12-18)23(20,21)16-7-5-15(22-3)6-8-16/h5-8H,4,9-14H2,1-3H3. The average Bonchev–Trinajstić information content (AvgIpc) is 2.55. The van der Waals surface area contributed by atoms with Crippen molar-refractivity contribution in [2.75, 3.05) is 60.5 Å². The first-order valence-corrected chi connectivity index (χ1v) is 9.39. The van der Waals surface area contributed by atoms with E-state index in [4.69, 9.17) is 4.74 Å². The average molecular weight is 341 g/mol. The van der Waals surface area contributed by atoms with Gasteiger partial charge in [-0.1, -0.05) is 0 Å². The van der Waals surface area contributed by atoms with Crippen LogP contribution in [0.25, 0.3) is 0 Å². The highest BCUT2D eigenvalue weighted by Gasteiger charge is 2.28. The van der Waals surface area contributed by atoms with Crippen LogP contribution in [0.2, 0.25) is 0 Å². The zero-order valence-corrected chi connectivity index (χ0v) is 15.1. The van der Waals surface area contributed by atoms with Gasteiger partial charge >= 0.3 is 0 Å². The molecule has 6 nitrogen and oxygen atoms in total. The summed E-state index contributed by atoms with van der Waals surface area (Å²) in [4.78, 5) is 4.84. The van der Waals surface area contributed by atoms with Gasteiger partial charge < -0.3 is 14.5 Å². The molecule has 0 spiro atoms. The van der Waals surface area contributed by atoms with Gasteiger partial charge in [0.15, 0.2) is 0 Å². The van der Waals surface area contributed by atoms with Crippen LogP contribution in [0.3, 0.4) is 0 Å². The van der Waals surface area contributed by atoms with Gasteiger partial charge in [0, 0.05) is 26.2 Å². The zero-order valence-electron chi connectivity index (χ0n) is 14.2. The minimum absolute atomic E-state index is 0.333. The molecule has 1 aliphatic rings. The van der Waals surface area contributed by atoms with Crippen LogP contribution in [0, 0.1) is 0 Å². The number of hydrogen-bond acceptors (Lipinski definition) is 5. The normalized spacial score (nSPS) is 17.6. The number of piperazine rings is 1. The lowest BCUT2D eigenvalue weighted by atomic mass is 10.3. The second-order valence-corrected chi connectivity index (χ2v) is 8.02. The number of rotatable bonds is 7. The van der Waals surface area contributed by atoms with Crippen molar-refractivity contribution in [3.05, 3.63) is 24.3 Å². The summed E-state index contributed by atoms with van der Waals surface area (Å²) >= 11 is 0. The molecular formula is C16H27N3O3S. The molecule has 7 heteroatoms. The second kappa shape index (κ2) is 8.10. The summed E-state index contributed by atoms with van der Waals surface area (Å²) in [6, 6.07) is 6.59. The molecule has 1 aromatic rings. The van der Waals surface area contributed by atoms with E-state index in [1.54, 1.807) is 35.7 Å². The Morgan fingerprint density at radius 2 is 1.70 bits per heavy atom. The van der Waals surface area contributed by atoms with E-state index in [2.05, 4.69) is 23.9 Å².